The van der Waals surface area contributed by atoms with Crippen molar-refractivity contribution >= 4 is 40.5 Å². The molecule has 4 N–H and O–H groups in total. The van der Waals surface area contributed by atoms with Gasteiger partial charge in [0.25, 0.3) is 0 Å². The van der Waals surface area contributed by atoms with Crippen molar-refractivity contribution in [2.24, 2.45) is 0 Å². The first-order chi connectivity index (χ1) is 18.1. The minimum atomic E-state index is 0.190. The van der Waals surface area contributed by atoms with Crippen molar-refractivity contribution in [3.8, 4) is 22.7 Å². The van der Waals surface area contributed by atoms with E-state index in [1.165, 1.54) is 10.2 Å². The van der Waals surface area contributed by atoms with E-state index in [9.17, 15) is 5.21 Å². The van der Waals surface area contributed by atoms with Crippen LogP contribution in [0.1, 0.15) is 12.8 Å². The Morgan fingerprint density at radius 1 is 1.08 bits per heavy atom. The molecule has 0 atom stereocenters. The molecule has 192 valence electrons. The summed E-state index contributed by atoms with van der Waals surface area (Å²) >= 11 is 1.13. The number of ether oxygens (including phenoxy) is 2. The van der Waals surface area contributed by atoms with Gasteiger partial charge in [0, 0.05) is 42.3 Å². The van der Waals surface area contributed by atoms with Gasteiger partial charge < -0.3 is 30.0 Å². The highest BCUT2D eigenvalue weighted by Gasteiger charge is 2.29. The van der Waals surface area contributed by atoms with E-state index in [-0.39, 0.29) is 6.04 Å². The summed E-state index contributed by atoms with van der Waals surface area (Å²) in [5, 5.41) is 10.1. The first kappa shape index (κ1) is 23.9. The minimum Gasteiger partial charge on any atom is -0.480 e. The molecule has 6 rings (SSSR count). The zero-order valence-corrected chi connectivity index (χ0v) is 21.3. The number of nitrogens with two attached hydrogens (primary N) is 1. The maximum Gasteiger partial charge on any atom is 0.238 e. The number of hydroxylamine groups is 1. The van der Waals surface area contributed by atoms with Gasteiger partial charge >= 0.3 is 0 Å². The lowest BCUT2D eigenvalue weighted by molar-refractivity contribution is 0.00909. The highest BCUT2D eigenvalue weighted by atomic mass is 32.2. The monoisotopic (exact) mass is 519 g/mol. The van der Waals surface area contributed by atoms with Gasteiger partial charge in [-0.15, -0.1) is 4.47 Å². The molecule has 11 heteroatoms. The fourth-order valence-electron chi connectivity index (χ4n) is 4.49. The molecule has 0 radical (unpaired) electrons. The van der Waals surface area contributed by atoms with Gasteiger partial charge in [-0.2, -0.15) is 0 Å². The van der Waals surface area contributed by atoms with E-state index in [2.05, 4.69) is 49.9 Å². The molecule has 3 heterocycles. The van der Waals surface area contributed by atoms with Gasteiger partial charge in [-0.3, -0.25) is 4.57 Å². The molecule has 2 aromatic heterocycles. The van der Waals surface area contributed by atoms with Gasteiger partial charge in [0.05, 0.1) is 43.5 Å². The van der Waals surface area contributed by atoms with Gasteiger partial charge in [-0.25, -0.2) is 9.97 Å². The topological polar surface area (TPSA) is 114 Å². The van der Waals surface area contributed by atoms with Crippen LogP contribution < -0.4 is 20.1 Å². The molecule has 1 saturated heterocycles. The second-order valence-electron chi connectivity index (χ2n) is 9.13. The molecule has 1 saturated carbocycles. The predicted molar refractivity (Wildman–Crippen MR) is 146 cm³/mol. The van der Waals surface area contributed by atoms with Crippen LogP contribution in [0, 0.1) is 0 Å². The largest absolute Gasteiger partial charge is 0.480 e. The fraction of sp³-hybridized carbons (Fsp3) is 0.308. The van der Waals surface area contributed by atoms with E-state index < -0.39 is 0 Å². The third kappa shape index (κ3) is 4.90. The van der Waals surface area contributed by atoms with Gasteiger partial charge in [-0.1, -0.05) is 6.07 Å². The zero-order chi connectivity index (χ0) is 25.4. The van der Waals surface area contributed by atoms with E-state index in [1.54, 1.807) is 13.3 Å². The number of nitrogens with one attached hydrogen (secondary N) is 1. The number of morpholine rings is 1. The molecule has 0 spiro atoms. The molecule has 37 heavy (non-hydrogen) atoms. The van der Waals surface area contributed by atoms with Crippen molar-refractivity contribution in [1.29, 1.82) is 0 Å². The number of aromatic nitrogens is 3. The summed E-state index contributed by atoms with van der Waals surface area (Å²) in [4.78, 5) is 11.4. The smallest absolute Gasteiger partial charge is 0.238 e. The second kappa shape index (κ2) is 10.1. The van der Waals surface area contributed by atoms with Crippen LogP contribution in [0.25, 0.3) is 27.8 Å². The normalized spacial score (nSPS) is 15.9. The van der Waals surface area contributed by atoms with Crippen molar-refractivity contribution in [3.63, 3.8) is 0 Å². The van der Waals surface area contributed by atoms with Crippen LogP contribution in [-0.4, -0.2) is 63.7 Å². The number of hydrogen-bond acceptors (Lipinski definition) is 10. The molecule has 4 aromatic rings. The SMILES string of the molecule is COc1ncc(-c2ccc3nc(N)n(-c4ccc(N5CCOCC5)cc4)c3c2)cc1NSN(O)C1CC1. The summed E-state index contributed by atoms with van der Waals surface area (Å²) in [7, 11) is 1.58. The van der Waals surface area contributed by atoms with Crippen LogP contribution in [0.3, 0.4) is 0 Å². The molecule has 1 aliphatic heterocycles. The van der Waals surface area contributed by atoms with E-state index >= 15 is 0 Å². The number of nitrogen functional groups attached to an aromatic ring is 1. The molecular formula is C26H29N7O3S. The van der Waals surface area contributed by atoms with Crippen molar-refractivity contribution in [2.75, 3.05) is 48.8 Å². The minimum absolute atomic E-state index is 0.190. The summed E-state index contributed by atoms with van der Waals surface area (Å²) < 4.78 is 17.3. The number of benzene rings is 2. The van der Waals surface area contributed by atoms with Gasteiger partial charge in [-0.05, 0) is 60.9 Å². The number of nitrogens with zero attached hydrogens (tertiary/aromatic N) is 5. The van der Waals surface area contributed by atoms with Crippen molar-refractivity contribution < 1.29 is 14.7 Å². The van der Waals surface area contributed by atoms with Crippen LogP contribution in [0.2, 0.25) is 0 Å². The quantitative estimate of drug-likeness (QED) is 0.229. The van der Waals surface area contributed by atoms with Crippen LogP contribution >= 0.6 is 12.1 Å². The van der Waals surface area contributed by atoms with Crippen LogP contribution in [0.15, 0.2) is 54.7 Å². The van der Waals surface area contributed by atoms with Crippen molar-refractivity contribution in [2.45, 2.75) is 18.9 Å². The first-order valence-electron chi connectivity index (χ1n) is 12.3. The highest BCUT2D eigenvalue weighted by Crippen LogP contribution is 2.35. The Balaban J connectivity index is 1.31. The molecule has 1 aliphatic carbocycles. The average molecular weight is 520 g/mol. The number of methoxy groups -OCH3 is 1. The maximum atomic E-state index is 10.1. The second-order valence-corrected chi connectivity index (χ2v) is 9.89. The third-order valence-electron chi connectivity index (χ3n) is 6.65. The summed E-state index contributed by atoms with van der Waals surface area (Å²) in [6, 6.07) is 16.6. The first-order valence-corrected chi connectivity index (χ1v) is 13.0. The predicted octanol–water partition coefficient (Wildman–Crippen LogP) is 4.34. The lowest BCUT2D eigenvalue weighted by Gasteiger charge is -2.29. The summed E-state index contributed by atoms with van der Waals surface area (Å²) in [6.45, 7) is 3.28. The number of pyridine rings is 1. The van der Waals surface area contributed by atoms with Crippen LogP contribution in [-0.2, 0) is 4.74 Å². The zero-order valence-electron chi connectivity index (χ0n) is 20.5. The Bertz CT molecular complexity index is 1400. The lowest BCUT2D eigenvalue weighted by Crippen LogP contribution is -2.36. The van der Waals surface area contributed by atoms with Crippen LogP contribution in [0.4, 0.5) is 17.3 Å². The standard InChI is InChI=1S/C26H29N7O3S/c1-35-25-23(30-37-33(34)21-7-8-21)14-18(16-28-25)17-2-9-22-24(15-17)32(26(27)29-22)20-5-3-19(4-6-20)31-10-12-36-13-11-31/h2-6,9,14-16,21,30,34H,7-8,10-13H2,1H3,(H2,27,29). The van der Waals surface area contributed by atoms with E-state index in [4.69, 9.17) is 15.2 Å². The maximum absolute atomic E-state index is 10.1. The Kier molecular flexibility index (Phi) is 6.51. The van der Waals surface area contributed by atoms with Gasteiger partial charge in [0.1, 0.15) is 5.69 Å². The number of fused-ring (bicyclic) bond motifs is 1. The Morgan fingerprint density at radius 3 is 2.57 bits per heavy atom. The molecule has 2 fully saturated rings. The van der Waals surface area contributed by atoms with E-state index in [1.807, 2.05) is 22.8 Å². The van der Waals surface area contributed by atoms with Gasteiger partial charge in [0.15, 0.2) is 0 Å². The van der Waals surface area contributed by atoms with Crippen molar-refractivity contribution in [3.05, 3.63) is 54.7 Å². The Hall–Kier alpha value is -3.51. The van der Waals surface area contributed by atoms with E-state index in [0.717, 1.165) is 79.1 Å². The molecule has 0 bridgehead atoms. The summed E-state index contributed by atoms with van der Waals surface area (Å²) in [6.07, 6.45) is 3.76. The average Bonchev–Trinajstić information content (AvgIpc) is 3.74. The third-order valence-corrected chi connectivity index (χ3v) is 7.45. The van der Waals surface area contributed by atoms with E-state index in [0.29, 0.717) is 17.5 Å². The Morgan fingerprint density at radius 2 is 1.84 bits per heavy atom. The number of hydrogen-bond donors (Lipinski definition) is 3. The molecular weight excluding hydrogens is 490 g/mol. The number of rotatable bonds is 8. The van der Waals surface area contributed by atoms with Crippen LogP contribution in [0.5, 0.6) is 5.88 Å². The Labute approximate surface area is 219 Å². The van der Waals surface area contributed by atoms with Crippen molar-refractivity contribution in [1.82, 2.24) is 19.0 Å². The molecule has 0 unspecified atom stereocenters. The summed E-state index contributed by atoms with van der Waals surface area (Å²) in [5.74, 6) is 0.886. The fourth-order valence-corrected chi connectivity index (χ4v) is 5.19. The highest BCUT2D eigenvalue weighted by molar-refractivity contribution is 7.98. The number of imidazole rings is 1. The number of anilines is 3. The van der Waals surface area contributed by atoms with Gasteiger partial charge in [0.2, 0.25) is 11.8 Å². The summed E-state index contributed by atoms with van der Waals surface area (Å²) in [5.41, 5.74) is 12.7. The molecule has 10 nitrogen and oxygen atoms in total. The molecule has 0 amide bonds. The molecule has 2 aromatic carbocycles. The lowest BCUT2D eigenvalue weighted by atomic mass is 10.1. The molecule has 2 aliphatic rings.